The number of carbonyl (C=O) groups is 1. The van der Waals surface area contributed by atoms with Crippen molar-refractivity contribution in [2.75, 3.05) is 17.1 Å². The number of nitrogens with one attached hydrogen (secondary N) is 1. The second kappa shape index (κ2) is 7.56. The Labute approximate surface area is 169 Å². The SMILES string of the molecule is CCc1ccc(OS(C)(=O)=O)c(Cc2ccc(N3CC(=O)NS3(=O)=O)c(O)c2)c1. The Morgan fingerprint density at radius 2 is 1.86 bits per heavy atom. The van der Waals surface area contributed by atoms with E-state index in [1.165, 1.54) is 12.1 Å². The van der Waals surface area contributed by atoms with Gasteiger partial charge in [0.2, 0.25) is 0 Å². The van der Waals surface area contributed by atoms with Crippen molar-refractivity contribution >= 4 is 31.9 Å². The Morgan fingerprint density at radius 3 is 2.41 bits per heavy atom. The molecule has 2 aromatic rings. The molecule has 0 unspecified atom stereocenters. The third-order valence-corrected chi connectivity index (χ3v) is 6.17. The molecule has 0 aromatic heterocycles. The van der Waals surface area contributed by atoms with E-state index in [-0.39, 0.29) is 23.6 Å². The fraction of sp³-hybridized carbons (Fsp3) is 0.278. The lowest BCUT2D eigenvalue weighted by atomic mass is 10.0. The van der Waals surface area contributed by atoms with Crippen molar-refractivity contribution in [1.82, 2.24) is 4.72 Å². The molecule has 156 valence electrons. The van der Waals surface area contributed by atoms with Gasteiger partial charge in [-0.25, -0.2) is 9.03 Å². The van der Waals surface area contributed by atoms with Crippen LogP contribution >= 0.6 is 0 Å². The van der Waals surface area contributed by atoms with E-state index in [0.29, 0.717) is 11.1 Å². The monoisotopic (exact) mass is 440 g/mol. The van der Waals surface area contributed by atoms with Crippen LogP contribution < -0.4 is 13.2 Å². The number of hydrogen-bond donors (Lipinski definition) is 2. The van der Waals surface area contributed by atoms with Gasteiger partial charge in [0.05, 0.1) is 11.9 Å². The van der Waals surface area contributed by atoms with Gasteiger partial charge in [0, 0.05) is 12.0 Å². The highest BCUT2D eigenvalue weighted by atomic mass is 32.2. The summed E-state index contributed by atoms with van der Waals surface area (Å²) in [5, 5.41) is 10.3. The molecule has 0 atom stereocenters. The van der Waals surface area contributed by atoms with Crippen LogP contribution in [0.15, 0.2) is 36.4 Å². The van der Waals surface area contributed by atoms with Gasteiger partial charge in [0.15, 0.2) is 0 Å². The standard InChI is InChI=1S/C18H20N2O7S2/c1-3-12-5-7-17(27-28(2,23)24)14(8-12)9-13-4-6-15(16(21)10-13)20-11-18(22)19-29(20,25)26/h4-8,10,21H,3,9,11H2,1-2H3,(H,19,22). The summed E-state index contributed by atoms with van der Waals surface area (Å²) in [7, 11) is -7.75. The molecule has 1 aliphatic heterocycles. The molecule has 29 heavy (non-hydrogen) atoms. The normalized spacial score (nSPS) is 15.9. The lowest BCUT2D eigenvalue weighted by Gasteiger charge is -2.17. The molecule has 2 N–H and O–H groups in total. The predicted octanol–water partition coefficient (Wildman–Crippen LogP) is 1.06. The third kappa shape index (κ3) is 4.80. The van der Waals surface area contributed by atoms with Crippen LogP contribution in [0, 0.1) is 0 Å². The molecule has 1 heterocycles. The molecular formula is C18H20N2O7S2. The molecular weight excluding hydrogens is 420 g/mol. The summed E-state index contributed by atoms with van der Waals surface area (Å²) < 4.78 is 54.7. The quantitative estimate of drug-likeness (QED) is 0.643. The Hall–Kier alpha value is -2.79. The summed E-state index contributed by atoms with van der Waals surface area (Å²) in [5.74, 6) is -0.822. The largest absolute Gasteiger partial charge is 0.506 e. The smallest absolute Gasteiger partial charge is 0.326 e. The first kappa shape index (κ1) is 20.9. The fourth-order valence-corrected chi connectivity index (χ4v) is 4.66. The number of amides is 1. The van der Waals surface area contributed by atoms with Gasteiger partial charge in [-0.1, -0.05) is 25.1 Å². The molecule has 0 saturated carbocycles. The van der Waals surface area contributed by atoms with E-state index in [0.717, 1.165) is 22.5 Å². The van der Waals surface area contributed by atoms with Gasteiger partial charge in [-0.15, -0.1) is 0 Å². The Balaban J connectivity index is 1.93. The van der Waals surface area contributed by atoms with Crippen molar-refractivity contribution in [3.8, 4) is 11.5 Å². The van der Waals surface area contributed by atoms with Gasteiger partial charge in [0.1, 0.15) is 18.0 Å². The van der Waals surface area contributed by atoms with Crippen LogP contribution in [-0.2, 0) is 38.0 Å². The van der Waals surface area contributed by atoms with E-state index in [1.807, 2.05) is 17.7 Å². The van der Waals surface area contributed by atoms with Gasteiger partial charge < -0.3 is 9.29 Å². The summed E-state index contributed by atoms with van der Waals surface area (Å²) >= 11 is 0. The molecule has 0 aliphatic carbocycles. The van der Waals surface area contributed by atoms with E-state index in [2.05, 4.69) is 0 Å². The molecule has 3 rings (SSSR count). The Bertz CT molecular complexity index is 1170. The number of anilines is 1. The van der Waals surface area contributed by atoms with Gasteiger partial charge >= 0.3 is 20.3 Å². The topological polar surface area (TPSA) is 130 Å². The number of aryl methyl sites for hydroxylation is 1. The second-order valence-electron chi connectivity index (χ2n) is 6.62. The number of rotatable bonds is 6. The average molecular weight is 440 g/mol. The maximum absolute atomic E-state index is 12.0. The molecule has 1 aliphatic rings. The number of phenolic OH excluding ortho intramolecular Hbond substituents is 1. The van der Waals surface area contributed by atoms with Gasteiger partial charge in [-0.05, 0) is 35.7 Å². The number of hydrogen-bond acceptors (Lipinski definition) is 7. The predicted molar refractivity (Wildman–Crippen MR) is 107 cm³/mol. The van der Waals surface area contributed by atoms with Crippen LogP contribution in [-0.4, -0.2) is 40.6 Å². The van der Waals surface area contributed by atoms with Crippen LogP contribution in [0.5, 0.6) is 11.5 Å². The first-order chi connectivity index (χ1) is 13.5. The molecule has 1 saturated heterocycles. The van der Waals surface area contributed by atoms with Gasteiger partial charge in [0.25, 0.3) is 5.91 Å². The molecule has 0 bridgehead atoms. The highest BCUT2D eigenvalue weighted by molar-refractivity contribution is 7.92. The van der Waals surface area contributed by atoms with Crippen molar-refractivity contribution in [3.05, 3.63) is 53.1 Å². The summed E-state index contributed by atoms with van der Waals surface area (Å²) in [6, 6.07) is 9.53. The van der Waals surface area contributed by atoms with Crippen LogP contribution in [0.3, 0.4) is 0 Å². The lowest BCUT2D eigenvalue weighted by Crippen LogP contribution is -2.29. The molecule has 0 spiro atoms. The molecule has 0 radical (unpaired) electrons. The number of aromatic hydroxyl groups is 1. The Morgan fingerprint density at radius 1 is 1.17 bits per heavy atom. The molecule has 1 fully saturated rings. The second-order valence-corrected chi connectivity index (χ2v) is 9.79. The number of phenols is 1. The zero-order chi connectivity index (χ0) is 21.4. The summed E-state index contributed by atoms with van der Waals surface area (Å²) in [6.07, 6.45) is 1.94. The fourth-order valence-electron chi connectivity index (χ4n) is 3.01. The van der Waals surface area contributed by atoms with Crippen LogP contribution in [0.4, 0.5) is 5.69 Å². The minimum atomic E-state index is -4.03. The minimum absolute atomic E-state index is 0.0259. The van der Waals surface area contributed by atoms with Crippen molar-refractivity contribution in [1.29, 1.82) is 0 Å². The average Bonchev–Trinajstić information content (AvgIpc) is 2.87. The van der Waals surface area contributed by atoms with E-state index >= 15 is 0 Å². The van der Waals surface area contributed by atoms with Gasteiger partial charge in [-0.2, -0.15) is 16.8 Å². The molecule has 2 aromatic carbocycles. The number of benzene rings is 2. The van der Waals surface area contributed by atoms with Gasteiger partial charge in [-0.3, -0.25) is 4.79 Å². The highest BCUT2D eigenvalue weighted by Gasteiger charge is 2.35. The Kier molecular flexibility index (Phi) is 5.46. The lowest BCUT2D eigenvalue weighted by molar-refractivity contribution is -0.117. The van der Waals surface area contributed by atoms with E-state index in [1.54, 1.807) is 18.2 Å². The molecule has 11 heteroatoms. The highest BCUT2D eigenvalue weighted by Crippen LogP contribution is 2.33. The van der Waals surface area contributed by atoms with E-state index < -0.39 is 32.8 Å². The first-order valence-electron chi connectivity index (χ1n) is 8.65. The number of nitrogens with zero attached hydrogens (tertiary/aromatic N) is 1. The van der Waals surface area contributed by atoms with Crippen LogP contribution in [0.1, 0.15) is 23.6 Å². The van der Waals surface area contributed by atoms with Crippen molar-refractivity contribution in [2.24, 2.45) is 0 Å². The van der Waals surface area contributed by atoms with Crippen LogP contribution in [0.2, 0.25) is 0 Å². The zero-order valence-corrected chi connectivity index (χ0v) is 17.4. The maximum Gasteiger partial charge on any atom is 0.326 e. The summed E-state index contributed by atoms with van der Waals surface area (Å²) in [4.78, 5) is 11.4. The minimum Gasteiger partial charge on any atom is -0.506 e. The summed E-state index contributed by atoms with van der Waals surface area (Å²) in [5.41, 5.74) is 2.16. The van der Waals surface area contributed by atoms with Crippen LogP contribution in [0.25, 0.3) is 0 Å². The maximum atomic E-state index is 12.0. The van der Waals surface area contributed by atoms with E-state index in [4.69, 9.17) is 4.18 Å². The first-order valence-corrected chi connectivity index (χ1v) is 11.9. The third-order valence-electron chi connectivity index (χ3n) is 4.30. The summed E-state index contributed by atoms with van der Waals surface area (Å²) in [6.45, 7) is 1.54. The zero-order valence-electron chi connectivity index (χ0n) is 15.7. The molecule has 1 amide bonds. The number of carbonyl (C=O) groups excluding carboxylic acids is 1. The van der Waals surface area contributed by atoms with E-state index in [9.17, 15) is 26.7 Å². The van der Waals surface area contributed by atoms with Crippen molar-refractivity contribution in [3.63, 3.8) is 0 Å². The van der Waals surface area contributed by atoms with Crippen molar-refractivity contribution < 1.29 is 30.9 Å². The van der Waals surface area contributed by atoms with Crippen molar-refractivity contribution in [2.45, 2.75) is 19.8 Å². The molecule has 9 nitrogen and oxygen atoms in total.